The summed E-state index contributed by atoms with van der Waals surface area (Å²) in [6, 6.07) is 6.17. The minimum Gasteiger partial charge on any atom is -0.337 e. The Balaban J connectivity index is 1.35. The first-order valence-corrected chi connectivity index (χ1v) is 9.95. The number of halogens is 1. The standard InChI is InChI=1S/C20H26FN5O2/c1-26-12-16(23-20(27)22-15-5-3-2-4-6-15)11-17(26)19-24-18(25-28-19)13-7-9-14(21)10-8-13/h7-10,15-17H,2-6,11-12H2,1H3,(H2,22,23,27)/t16-,17-/m0/s1. The molecule has 1 saturated heterocycles. The van der Waals surface area contributed by atoms with Crippen molar-refractivity contribution in [1.82, 2.24) is 25.7 Å². The van der Waals surface area contributed by atoms with Gasteiger partial charge in [-0.05, 0) is 50.6 Å². The van der Waals surface area contributed by atoms with Crippen LogP contribution in [0.2, 0.25) is 0 Å². The number of hydrogen-bond donors (Lipinski definition) is 2. The van der Waals surface area contributed by atoms with Crippen LogP contribution in [0.25, 0.3) is 11.4 Å². The molecule has 28 heavy (non-hydrogen) atoms. The Bertz CT molecular complexity index is 803. The van der Waals surface area contributed by atoms with E-state index in [9.17, 15) is 9.18 Å². The van der Waals surface area contributed by atoms with Crippen LogP contribution in [0.1, 0.15) is 50.5 Å². The largest absolute Gasteiger partial charge is 0.337 e. The molecule has 1 aromatic carbocycles. The van der Waals surface area contributed by atoms with Gasteiger partial charge in [-0.1, -0.05) is 24.4 Å². The van der Waals surface area contributed by atoms with Crippen molar-refractivity contribution in [3.8, 4) is 11.4 Å². The van der Waals surface area contributed by atoms with Gasteiger partial charge in [0.05, 0.1) is 6.04 Å². The average molecular weight is 387 g/mol. The average Bonchev–Trinajstić information content (AvgIpc) is 3.30. The Morgan fingerprint density at radius 3 is 2.61 bits per heavy atom. The molecule has 0 radical (unpaired) electrons. The number of nitrogens with one attached hydrogen (secondary N) is 2. The molecule has 0 bridgehead atoms. The van der Waals surface area contributed by atoms with E-state index in [1.165, 1.54) is 31.4 Å². The predicted octanol–water partition coefficient (Wildman–Crippen LogP) is 3.25. The Morgan fingerprint density at radius 1 is 1.14 bits per heavy atom. The lowest BCUT2D eigenvalue weighted by Crippen LogP contribution is -2.47. The zero-order valence-electron chi connectivity index (χ0n) is 16.0. The van der Waals surface area contributed by atoms with Gasteiger partial charge in [-0.2, -0.15) is 4.98 Å². The van der Waals surface area contributed by atoms with Gasteiger partial charge in [0, 0.05) is 24.2 Å². The molecule has 2 fully saturated rings. The lowest BCUT2D eigenvalue weighted by Gasteiger charge is -2.24. The van der Waals surface area contributed by atoms with Crippen LogP contribution in [0.5, 0.6) is 0 Å². The molecule has 150 valence electrons. The van der Waals surface area contributed by atoms with Gasteiger partial charge in [-0.25, -0.2) is 9.18 Å². The molecule has 2 N–H and O–H groups in total. The van der Waals surface area contributed by atoms with Gasteiger partial charge in [0.1, 0.15) is 5.82 Å². The number of aromatic nitrogens is 2. The van der Waals surface area contributed by atoms with E-state index < -0.39 is 0 Å². The zero-order chi connectivity index (χ0) is 19.5. The van der Waals surface area contributed by atoms with E-state index >= 15 is 0 Å². The van der Waals surface area contributed by atoms with Gasteiger partial charge in [-0.3, -0.25) is 4.90 Å². The molecule has 2 heterocycles. The monoisotopic (exact) mass is 387 g/mol. The number of urea groups is 1. The SMILES string of the molecule is CN1C[C@@H](NC(=O)NC2CCCCC2)C[C@H]1c1nc(-c2ccc(F)cc2)no1. The lowest BCUT2D eigenvalue weighted by molar-refractivity contribution is 0.228. The maximum Gasteiger partial charge on any atom is 0.315 e. The smallest absolute Gasteiger partial charge is 0.315 e. The maximum absolute atomic E-state index is 13.1. The molecule has 7 nitrogen and oxygen atoms in total. The quantitative estimate of drug-likeness (QED) is 0.841. The number of hydrogen-bond acceptors (Lipinski definition) is 5. The van der Waals surface area contributed by atoms with Gasteiger partial charge in [-0.15, -0.1) is 0 Å². The van der Waals surface area contributed by atoms with Crippen LogP contribution in [-0.2, 0) is 0 Å². The first-order chi connectivity index (χ1) is 13.6. The minimum absolute atomic E-state index is 0.0276. The van der Waals surface area contributed by atoms with Crippen LogP contribution in [0.3, 0.4) is 0 Å². The number of likely N-dealkylation sites (tertiary alicyclic amines) is 1. The molecular weight excluding hydrogens is 361 g/mol. The Kier molecular flexibility index (Phi) is 5.57. The van der Waals surface area contributed by atoms with Crippen molar-refractivity contribution in [3.05, 3.63) is 36.0 Å². The first kappa shape index (κ1) is 18.9. The van der Waals surface area contributed by atoms with E-state index in [0.29, 0.717) is 23.7 Å². The van der Waals surface area contributed by atoms with Crippen LogP contribution < -0.4 is 10.6 Å². The van der Waals surface area contributed by atoms with E-state index in [2.05, 4.69) is 25.7 Å². The molecule has 1 aliphatic heterocycles. The van der Waals surface area contributed by atoms with E-state index in [4.69, 9.17) is 4.52 Å². The summed E-state index contributed by atoms with van der Waals surface area (Å²) in [4.78, 5) is 18.9. The van der Waals surface area contributed by atoms with Crippen molar-refractivity contribution in [2.24, 2.45) is 0 Å². The number of likely N-dealkylation sites (N-methyl/N-ethyl adjacent to an activating group) is 1. The topological polar surface area (TPSA) is 83.3 Å². The second-order valence-corrected chi connectivity index (χ2v) is 7.80. The summed E-state index contributed by atoms with van der Waals surface area (Å²) in [5.74, 6) is 0.650. The number of carbonyl (C=O) groups is 1. The third-order valence-electron chi connectivity index (χ3n) is 5.65. The summed E-state index contributed by atoms with van der Waals surface area (Å²) < 4.78 is 18.5. The fourth-order valence-electron chi connectivity index (χ4n) is 4.14. The highest BCUT2D eigenvalue weighted by atomic mass is 19.1. The molecule has 1 saturated carbocycles. The van der Waals surface area contributed by atoms with Crippen molar-refractivity contribution in [3.63, 3.8) is 0 Å². The van der Waals surface area contributed by atoms with Crippen LogP contribution in [0.4, 0.5) is 9.18 Å². The molecule has 1 aliphatic carbocycles. The fourth-order valence-corrected chi connectivity index (χ4v) is 4.14. The number of nitrogens with zero attached hydrogens (tertiary/aromatic N) is 3. The second kappa shape index (κ2) is 8.26. The van der Waals surface area contributed by atoms with Crippen LogP contribution in [0.15, 0.2) is 28.8 Å². The summed E-state index contributed by atoms with van der Waals surface area (Å²) >= 11 is 0. The summed E-state index contributed by atoms with van der Waals surface area (Å²) in [5, 5.41) is 10.2. The third-order valence-corrected chi connectivity index (χ3v) is 5.65. The molecule has 2 amide bonds. The molecule has 0 spiro atoms. The number of benzene rings is 1. The minimum atomic E-state index is -0.302. The third kappa shape index (κ3) is 4.32. The second-order valence-electron chi connectivity index (χ2n) is 7.80. The fraction of sp³-hybridized carbons (Fsp3) is 0.550. The van der Waals surface area contributed by atoms with E-state index in [1.54, 1.807) is 12.1 Å². The van der Waals surface area contributed by atoms with Crippen LogP contribution >= 0.6 is 0 Å². The predicted molar refractivity (Wildman–Crippen MR) is 102 cm³/mol. The van der Waals surface area contributed by atoms with Crippen molar-refractivity contribution in [2.75, 3.05) is 13.6 Å². The number of rotatable bonds is 4. The van der Waals surface area contributed by atoms with Crippen molar-refractivity contribution in [1.29, 1.82) is 0 Å². The van der Waals surface area contributed by atoms with E-state index in [-0.39, 0.29) is 30.0 Å². The highest BCUT2D eigenvalue weighted by molar-refractivity contribution is 5.74. The molecular formula is C20H26FN5O2. The zero-order valence-corrected chi connectivity index (χ0v) is 16.0. The Hall–Kier alpha value is -2.48. The van der Waals surface area contributed by atoms with Gasteiger partial charge in [0.2, 0.25) is 11.7 Å². The van der Waals surface area contributed by atoms with Gasteiger partial charge in [0.25, 0.3) is 0 Å². The molecule has 4 rings (SSSR count). The van der Waals surface area contributed by atoms with Gasteiger partial charge >= 0.3 is 6.03 Å². The first-order valence-electron chi connectivity index (χ1n) is 9.95. The number of carbonyl (C=O) groups excluding carboxylic acids is 1. The van der Waals surface area contributed by atoms with E-state index in [1.807, 2.05) is 7.05 Å². The Morgan fingerprint density at radius 2 is 1.86 bits per heavy atom. The van der Waals surface area contributed by atoms with Crippen molar-refractivity contribution < 1.29 is 13.7 Å². The van der Waals surface area contributed by atoms with E-state index in [0.717, 1.165) is 19.4 Å². The van der Waals surface area contributed by atoms with Crippen LogP contribution in [0, 0.1) is 5.82 Å². The van der Waals surface area contributed by atoms with Crippen molar-refractivity contribution in [2.45, 2.75) is 56.7 Å². The lowest BCUT2D eigenvalue weighted by atomic mass is 9.96. The maximum atomic E-state index is 13.1. The van der Waals surface area contributed by atoms with Crippen molar-refractivity contribution >= 4 is 6.03 Å². The summed E-state index contributed by atoms with van der Waals surface area (Å²) in [6.45, 7) is 0.719. The summed E-state index contributed by atoms with van der Waals surface area (Å²) in [6.07, 6.45) is 6.47. The highest BCUT2D eigenvalue weighted by Crippen LogP contribution is 2.31. The molecule has 2 atom stereocenters. The summed E-state index contributed by atoms with van der Waals surface area (Å²) in [5.41, 5.74) is 0.707. The molecule has 0 unspecified atom stereocenters. The molecule has 1 aromatic heterocycles. The van der Waals surface area contributed by atoms with Gasteiger partial charge in [0.15, 0.2) is 0 Å². The molecule has 2 aliphatic rings. The highest BCUT2D eigenvalue weighted by Gasteiger charge is 2.35. The Labute approximate surface area is 163 Å². The number of amides is 2. The molecule has 2 aromatic rings. The summed E-state index contributed by atoms with van der Waals surface area (Å²) in [7, 11) is 1.98. The van der Waals surface area contributed by atoms with Crippen LogP contribution in [-0.4, -0.2) is 46.7 Å². The molecule has 8 heteroatoms. The van der Waals surface area contributed by atoms with Gasteiger partial charge < -0.3 is 15.2 Å². The normalized spacial score (nSPS) is 23.6.